The number of hydrogen-bond acceptors (Lipinski definition) is 5. The van der Waals surface area contributed by atoms with Gasteiger partial charge in [-0.25, -0.2) is 8.42 Å². The van der Waals surface area contributed by atoms with Crippen LogP contribution in [0.25, 0.3) is 0 Å². The molecule has 3 rings (SSSR count). The molecule has 1 fully saturated rings. The van der Waals surface area contributed by atoms with Crippen molar-refractivity contribution in [2.24, 2.45) is 0 Å². The molecule has 1 saturated heterocycles. The Bertz CT molecular complexity index is 648. The molecule has 0 aliphatic carbocycles. The molecule has 1 aromatic rings. The van der Waals surface area contributed by atoms with E-state index in [1.54, 1.807) is 6.07 Å². The molecule has 2 unspecified atom stereocenters. The highest BCUT2D eigenvalue weighted by atomic mass is 32.2. The summed E-state index contributed by atoms with van der Waals surface area (Å²) in [6.07, 6.45) is 0.335. The molecule has 6 heteroatoms. The van der Waals surface area contributed by atoms with Crippen molar-refractivity contribution in [3.05, 3.63) is 29.3 Å². The zero-order chi connectivity index (χ0) is 15.3. The molecule has 0 radical (unpaired) electrons. The van der Waals surface area contributed by atoms with Crippen molar-refractivity contribution >= 4 is 9.84 Å². The number of benzene rings is 1. The predicted molar refractivity (Wildman–Crippen MR) is 78.5 cm³/mol. The summed E-state index contributed by atoms with van der Waals surface area (Å²) in [5.41, 5.74) is 1.77. The zero-order valence-corrected chi connectivity index (χ0v) is 13.4. The van der Waals surface area contributed by atoms with Crippen LogP contribution < -0.4 is 5.32 Å². The molecule has 2 aliphatic heterocycles. The van der Waals surface area contributed by atoms with Crippen molar-refractivity contribution in [1.29, 1.82) is 0 Å². The third kappa shape index (κ3) is 3.45. The minimum atomic E-state index is -3.04. The maximum Gasteiger partial charge on any atom is 0.200 e. The van der Waals surface area contributed by atoms with E-state index in [9.17, 15) is 8.42 Å². The fourth-order valence-corrected chi connectivity index (χ4v) is 4.04. The van der Waals surface area contributed by atoms with Gasteiger partial charge in [0.05, 0.1) is 16.2 Å². The number of epoxide rings is 1. The molecule has 5 nitrogen and oxygen atoms in total. The second kappa shape index (κ2) is 5.05. The van der Waals surface area contributed by atoms with Crippen LogP contribution in [-0.4, -0.2) is 32.3 Å². The highest BCUT2D eigenvalue weighted by Crippen LogP contribution is 2.28. The molecule has 0 amide bonds. The Morgan fingerprint density at radius 1 is 1.38 bits per heavy atom. The molecular formula is C15H21NO4S. The lowest BCUT2D eigenvalue weighted by Crippen LogP contribution is -2.26. The van der Waals surface area contributed by atoms with Crippen LogP contribution in [0.4, 0.5) is 0 Å². The van der Waals surface area contributed by atoms with Gasteiger partial charge in [0, 0.05) is 6.54 Å². The molecule has 0 bridgehead atoms. The molecule has 21 heavy (non-hydrogen) atoms. The molecule has 2 heterocycles. The van der Waals surface area contributed by atoms with E-state index >= 15 is 0 Å². The van der Waals surface area contributed by atoms with Gasteiger partial charge in [0.25, 0.3) is 0 Å². The first-order chi connectivity index (χ1) is 9.74. The summed E-state index contributed by atoms with van der Waals surface area (Å²) >= 11 is 0. The lowest BCUT2D eigenvalue weighted by atomic mass is 10.1. The third-order valence-electron chi connectivity index (χ3n) is 3.53. The topological polar surface area (TPSA) is 67.9 Å². The Hall–Kier alpha value is -0.950. The van der Waals surface area contributed by atoms with Crippen LogP contribution in [0.5, 0.6) is 0 Å². The first-order valence-electron chi connectivity index (χ1n) is 7.16. The van der Waals surface area contributed by atoms with Crippen LogP contribution >= 0.6 is 0 Å². The van der Waals surface area contributed by atoms with Gasteiger partial charge in [-0.1, -0.05) is 12.1 Å². The lowest BCUT2D eigenvalue weighted by Gasteiger charge is -2.17. The first-order valence-corrected chi connectivity index (χ1v) is 8.81. The maximum absolute atomic E-state index is 11.8. The van der Waals surface area contributed by atoms with E-state index in [1.807, 2.05) is 32.9 Å². The van der Waals surface area contributed by atoms with Crippen molar-refractivity contribution in [3.8, 4) is 0 Å². The summed E-state index contributed by atoms with van der Waals surface area (Å²) in [5, 5.41) is 3.26. The lowest BCUT2D eigenvalue weighted by molar-refractivity contribution is -0.0571. The smallest absolute Gasteiger partial charge is 0.200 e. The number of hydrogen-bond donors (Lipinski definition) is 1. The number of aryl methyl sites for hydroxylation is 1. The second-order valence-electron chi connectivity index (χ2n) is 6.55. The van der Waals surface area contributed by atoms with Crippen molar-refractivity contribution in [2.75, 3.05) is 5.75 Å². The summed E-state index contributed by atoms with van der Waals surface area (Å²) in [6.45, 7) is 6.62. The average molecular weight is 311 g/mol. The van der Waals surface area contributed by atoms with Gasteiger partial charge in [-0.3, -0.25) is 5.32 Å². The monoisotopic (exact) mass is 311 g/mol. The van der Waals surface area contributed by atoms with Crippen LogP contribution in [0.1, 0.15) is 31.9 Å². The summed E-state index contributed by atoms with van der Waals surface area (Å²) in [5.74, 6) is 0.229. The van der Waals surface area contributed by atoms with E-state index in [1.165, 1.54) is 0 Å². The van der Waals surface area contributed by atoms with E-state index in [4.69, 9.17) is 9.47 Å². The van der Waals surface area contributed by atoms with Gasteiger partial charge >= 0.3 is 0 Å². The number of nitrogens with one attached hydrogen (secondary N) is 1. The number of fused-ring (bicyclic) bond motifs is 1. The van der Waals surface area contributed by atoms with Crippen molar-refractivity contribution in [2.45, 2.75) is 56.8 Å². The molecule has 1 aromatic carbocycles. The van der Waals surface area contributed by atoms with Gasteiger partial charge in [-0.2, -0.15) is 0 Å². The van der Waals surface area contributed by atoms with E-state index < -0.39 is 9.84 Å². The first kappa shape index (κ1) is 15.0. The molecule has 0 spiro atoms. The van der Waals surface area contributed by atoms with Crippen molar-refractivity contribution in [1.82, 2.24) is 5.32 Å². The van der Waals surface area contributed by atoms with E-state index in [0.717, 1.165) is 11.1 Å². The number of sulfone groups is 1. The van der Waals surface area contributed by atoms with Gasteiger partial charge in [-0.05, 0) is 44.4 Å². The second-order valence-corrected chi connectivity index (χ2v) is 8.62. The van der Waals surface area contributed by atoms with Gasteiger partial charge in [-0.15, -0.1) is 0 Å². The molecule has 2 atom stereocenters. The SMILES string of the molecule is CC(C)(C)OC1OC1NCc1ccc2c(c1)CCS2(=O)=O. The highest BCUT2D eigenvalue weighted by Gasteiger charge is 2.42. The Kier molecular flexibility index (Phi) is 3.60. The summed E-state index contributed by atoms with van der Waals surface area (Å²) in [7, 11) is -3.04. The van der Waals surface area contributed by atoms with Crippen LogP contribution in [0.3, 0.4) is 0 Å². The quantitative estimate of drug-likeness (QED) is 0.856. The molecule has 1 N–H and O–H groups in total. The van der Waals surface area contributed by atoms with Crippen molar-refractivity contribution < 1.29 is 17.9 Å². The van der Waals surface area contributed by atoms with Crippen LogP contribution in [-0.2, 0) is 32.3 Å². The maximum atomic E-state index is 11.8. The van der Waals surface area contributed by atoms with Crippen LogP contribution in [0.15, 0.2) is 23.1 Å². The summed E-state index contributed by atoms with van der Waals surface area (Å²) in [6, 6.07) is 5.54. The summed E-state index contributed by atoms with van der Waals surface area (Å²) < 4.78 is 34.6. The molecular weight excluding hydrogens is 290 g/mol. The average Bonchev–Trinajstić information content (AvgIpc) is 3.02. The van der Waals surface area contributed by atoms with Gasteiger partial charge in [0.2, 0.25) is 0 Å². The molecule has 116 valence electrons. The largest absolute Gasteiger partial charge is 0.343 e. The zero-order valence-electron chi connectivity index (χ0n) is 12.5. The van der Waals surface area contributed by atoms with Crippen LogP contribution in [0.2, 0.25) is 0 Å². The van der Waals surface area contributed by atoms with Gasteiger partial charge in [0.1, 0.15) is 0 Å². The molecule has 2 aliphatic rings. The Labute approximate surface area is 125 Å². The van der Waals surface area contributed by atoms with E-state index in [0.29, 0.717) is 17.9 Å². The highest BCUT2D eigenvalue weighted by molar-refractivity contribution is 7.91. The van der Waals surface area contributed by atoms with Gasteiger partial charge < -0.3 is 9.47 Å². The van der Waals surface area contributed by atoms with Crippen LogP contribution in [0, 0.1) is 0 Å². The summed E-state index contributed by atoms with van der Waals surface area (Å²) in [4.78, 5) is 0.489. The number of ether oxygens (including phenoxy) is 2. The van der Waals surface area contributed by atoms with Crippen molar-refractivity contribution in [3.63, 3.8) is 0 Å². The predicted octanol–water partition coefficient (Wildman–Crippen LogP) is 1.60. The Morgan fingerprint density at radius 3 is 2.86 bits per heavy atom. The minimum Gasteiger partial charge on any atom is -0.343 e. The van der Waals surface area contributed by atoms with E-state index in [-0.39, 0.29) is 23.9 Å². The normalized spacial score (nSPS) is 26.6. The Balaban J connectivity index is 1.56. The van der Waals surface area contributed by atoms with E-state index in [2.05, 4.69) is 5.32 Å². The molecule has 0 saturated carbocycles. The minimum absolute atomic E-state index is 0.0822. The van der Waals surface area contributed by atoms with Gasteiger partial charge in [0.15, 0.2) is 22.4 Å². The molecule has 0 aromatic heterocycles. The Morgan fingerprint density at radius 2 is 2.14 bits per heavy atom. The fourth-order valence-electron chi connectivity index (χ4n) is 2.50. The third-order valence-corrected chi connectivity index (χ3v) is 5.34. The fraction of sp³-hybridized carbons (Fsp3) is 0.600. The standard InChI is InChI=1S/C15H21NO4S/c1-15(2,3)20-14-13(19-14)16-9-10-4-5-12-11(8-10)6-7-21(12,17)18/h4-5,8,13-14,16H,6-7,9H2,1-3H3. The number of rotatable bonds is 4.